The van der Waals surface area contributed by atoms with Crippen molar-refractivity contribution in [2.24, 2.45) is 0 Å². The van der Waals surface area contributed by atoms with E-state index in [1.165, 1.54) is 5.39 Å². The van der Waals surface area contributed by atoms with Crippen LogP contribution in [-0.4, -0.2) is 34.5 Å². The summed E-state index contributed by atoms with van der Waals surface area (Å²) in [4.78, 5) is 28.7. The van der Waals surface area contributed by atoms with E-state index in [0.717, 1.165) is 61.0 Å². The first kappa shape index (κ1) is 30.9. The Bertz CT molecular complexity index is 2730. The summed E-state index contributed by atoms with van der Waals surface area (Å²) in [7, 11) is 0. The number of aromatic nitrogens is 7. The maximum Gasteiger partial charge on any atom is 0.182 e. The first-order valence-electron chi connectivity index (χ1n) is 17.1. The highest BCUT2D eigenvalue weighted by Crippen LogP contribution is 2.42. The SMILES string of the molecule is C=Cc1c(/C=C\C)c2c3c(ccc2n1-c1ccccc1)c(-c1ccc(-c2nc(-c4ccccn4)nc(-c4ccccn4)n2)cc1)nc1ccccc13. The molecule has 0 amide bonds. The van der Waals surface area contributed by atoms with E-state index in [1.807, 2.05) is 66.7 Å². The zero-order chi connectivity index (χ0) is 35.0. The third-order valence-corrected chi connectivity index (χ3v) is 9.25. The van der Waals surface area contributed by atoms with E-state index in [9.17, 15) is 0 Å². The second-order valence-electron chi connectivity index (χ2n) is 12.3. The molecule has 4 aromatic carbocycles. The van der Waals surface area contributed by atoms with Crippen molar-refractivity contribution >= 4 is 44.7 Å². The lowest BCUT2D eigenvalue weighted by molar-refractivity contribution is 1.05. The summed E-state index contributed by atoms with van der Waals surface area (Å²) in [6.45, 7) is 6.31. The molecule has 0 spiro atoms. The molecule has 5 aromatic heterocycles. The Balaban J connectivity index is 1.25. The van der Waals surface area contributed by atoms with Crippen LogP contribution in [-0.2, 0) is 0 Å². The summed E-state index contributed by atoms with van der Waals surface area (Å²) in [6.07, 6.45) is 9.71. The van der Waals surface area contributed by atoms with Crippen LogP contribution >= 0.6 is 0 Å². The summed E-state index contributed by atoms with van der Waals surface area (Å²) < 4.78 is 2.30. The number of fused-ring (bicyclic) bond motifs is 5. The fraction of sp³-hybridized carbons (Fsp3) is 0.0222. The number of rotatable bonds is 7. The van der Waals surface area contributed by atoms with E-state index in [2.05, 4.69) is 107 Å². The third kappa shape index (κ3) is 5.23. The van der Waals surface area contributed by atoms with Gasteiger partial charge in [-0.05, 0) is 61.5 Å². The molecule has 0 aliphatic carbocycles. The quantitative estimate of drug-likeness (QED) is 0.157. The van der Waals surface area contributed by atoms with Gasteiger partial charge in [0.15, 0.2) is 17.5 Å². The van der Waals surface area contributed by atoms with Crippen LogP contribution in [0.1, 0.15) is 18.2 Å². The Kier molecular flexibility index (Phi) is 7.71. The normalized spacial score (nSPS) is 11.6. The number of hydrogen-bond acceptors (Lipinski definition) is 6. The van der Waals surface area contributed by atoms with Crippen molar-refractivity contribution in [1.29, 1.82) is 0 Å². The van der Waals surface area contributed by atoms with Gasteiger partial charge in [-0.15, -0.1) is 0 Å². The lowest BCUT2D eigenvalue weighted by Crippen LogP contribution is -2.01. The molecule has 0 fully saturated rings. The Morgan fingerprint density at radius 3 is 1.85 bits per heavy atom. The van der Waals surface area contributed by atoms with Crippen LogP contribution in [0, 0.1) is 0 Å². The Morgan fingerprint density at radius 1 is 0.558 bits per heavy atom. The van der Waals surface area contributed by atoms with Crippen LogP contribution in [0.4, 0.5) is 0 Å². The first-order chi connectivity index (χ1) is 25.7. The van der Waals surface area contributed by atoms with Crippen LogP contribution in [0.25, 0.3) is 96.1 Å². The molecule has 246 valence electrons. The van der Waals surface area contributed by atoms with Gasteiger partial charge in [0.2, 0.25) is 0 Å². The number of pyridine rings is 3. The highest BCUT2D eigenvalue weighted by atomic mass is 15.1. The van der Waals surface area contributed by atoms with Crippen molar-refractivity contribution in [2.75, 3.05) is 0 Å². The predicted molar refractivity (Wildman–Crippen MR) is 212 cm³/mol. The molecule has 7 heteroatoms. The summed E-state index contributed by atoms with van der Waals surface area (Å²) in [5, 5.41) is 4.50. The van der Waals surface area contributed by atoms with E-state index in [1.54, 1.807) is 12.4 Å². The van der Waals surface area contributed by atoms with Gasteiger partial charge in [0.05, 0.1) is 22.4 Å². The number of allylic oxidation sites excluding steroid dienone is 1. The molecule has 0 aliphatic heterocycles. The number of nitrogens with zero attached hydrogens (tertiary/aromatic N) is 7. The molecule has 0 aliphatic rings. The van der Waals surface area contributed by atoms with Crippen molar-refractivity contribution < 1.29 is 0 Å². The van der Waals surface area contributed by atoms with E-state index in [0.29, 0.717) is 28.9 Å². The lowest BCUT2D eigenvalue weighted by atomic mass is 9.95. The van der Waals surface area contributed by atoms with E-state index in [4.69, 9.17) is 19.9 Å². The maximum atomic E-state index is 5.27. The molecule has 0 unspecified atom stereocenters. The van der Waals surface area contributed by atoms with Crippen LogP contribution in [0.5, 0.6) is 0 Å². The number of benzene rings is 4. The fourth-order valence-corrected chi connectivity index (χ4v) is 6.98. The summed E-state index contributed by atoms with van der Waals surface area (Å²) in [5.74, 6) is 1.51. The topological polar surface area (TPSA) is 82.3 Å². The summed E-state index contributed by atoms with van der Waals surface area (Å²) >= 11 is 0. The van der Waals surface area contributed by atoms with Crippen LogP contribution in [0.15, 0.2) is 152 Å². The lowest BCUT2D eigenvalue weighted by Gasteiger charge is -2.13. The maximum absolute atomic E-state index is 5.27. The molecule has 9 rings (SSSR count). The minimum absolute atomic E-state index is 0.486. The van der Waals surface area contributed by atoms with Gasteiger partial charge in [0.25, 0.3) is 0 Å². The van der Waals surface area contributed by atoms with Crippen LogP contribution < -0.4 is 0 Å². The van der Waals surface area contributed by atoms with Gasteiger partial charge in [-0.3, -0.25) is 9.97 Å². The second kappa shape index (κ2) is 13.0. The Morgan fingerprint density at radius 2 is 1.19 bits per heavy atom. The Labute approximate surface area is 300 Å². The van der Waals surface area contributed by atoms with Gasteiger partial charge >= 0.3 is 0 Å². The molecule has 5 heterocycles. The van der Waals surface area contributed by atoms with Crippen molar-refractivity contribution in [2.45, 2.75) is 6.92 Å². The minimum atomic E-state index is 0.486. The van der Waals surface area contributed by atoms with Crippen LogP contribution in [0.3, 0.4) is 0 Å². The van der Waals surface area contributed by atoms with Gasteiger partial charge in [-0.25, -0.2) is 19.9 Å². The molecule has 0 atom stereocenters. The molecule has 0 radical (unpaired) electrons. The second-order valence-corrected chi connectivity index (χ2v) is 12.3. The van der Waals surface area contributed by atoms with Gasteiger partial charge in [0.1, 0.15) is 11.4 Å². The van der Waals surface area contributed by atoms with Gasteiger partial charge < -0.3 is 4.57 Å². The number of hydrogen-bond donors (Lipinski definition) is 0. The van der Waals surface area contributed by atoms with Crippen molar-refractivity contribution in [1.82, 2.24) is 34.5 Å². The molecule has 7 nitrogen and oxygen atoms in total. The Hall–Kier alpha value is -7.12. The third-order valence-electron chi connectivity index (χ3n) is 9.25. The fourth-order valence-electron chi connectivity index (χ4n) is 6.98. The average molecular weight is 670 g/mol. The zero-order valence-electron chi connectivity index (χ0n) is 28.3. The van der Waals surface area contributed by atoms with Crippen molar-refractivity contribution in [3.05, 3.63) is 164 Å². The van der Waals surface area contributed by atoms with E-state index < -0.39 is 0 Å². The van der Waals surface area contributed by atoms with E-state index >= 15 is 0 Å². The molecule has 0 bridgehead atoms. The van der Waals surface area contributed by atoms with Crippen LogP contribution in [0.2, 0.25) is 0 Å². The monoisotopic (exact) mass is 669 g/mol. The molecular weight excluding hydrogens is 639 g/mol. The largest absolute Gasteiger partial charge is 0.309 e. The first-order valence-corrected chi connectivity index (χ1v) is 17.1. The zero-order valence-corrected chi connectivity index (χ0v) is 28.3. The standard InChI is InChI=1S/C45H31N7/c1-3-14-33-38(4-2)52(31-15-6-5-7-16-31)39-26-25-34-40(41(33)39)32-17-8-9-18-35(32)48-42(34)29-21-23-30(24-22-29)43-49-44(36-19-10-12-27-46-36)51-45(50-43)37-20-11-13-28-47-37/h3-28H,2H2,1H3/b14-3-. The molecule has 52 heavy (non-hydrogen) atoms. The van der Waals surface area contributed by atoms with Crippen molar-refractivity contribution in [3.8, 4) is 51.4 Å². The summed E-state index contributed by atoms with van der Waals surface area (Å²) in [6, 6.07) is 42.9. The van der Waals surface area contributed by atoms with Gasteiger partial charge in [-0.2, -0.15) is 0 Å². The van der Waals surface area contributed by atoms with E-state index in [-0.39, 0.29) is 0 Å². The average Bonchev–Trinajstić information content (AvgIpc) is 3.54. The minimum Gasteiger partial charge on any atom is -0.309 e. The highest BCUT2D eigenvalue weighted by Gasteiger charge is 2.21. The molecule has 0 N–H and O–H groups in total. The molecule has 0 saturated heterocycles. The smallest absolute Gasteiger partial charge is 0.182 e. The number of para-hydroxylation sites is 2. The molecule has 0 saturated carbocycles. The van der Waals surface area contributed by atoms with Gasteiger partial charge in [-0.1, -0.05) is 97.6 Å². The van der Waals surface area contributed by atoms with Crippen molar-refractivity contribution in [3.63, 3.8) is 0 Å². The summed E-state index contributed by atoms with van der Waals surface area (Å²) in [5.41, 5.74) is 9.36. The molecule has 9 aromatic rings. The highest BCUT2D eigenvalue weighted by molar-refractivity contribution is 6.24. The molecular formula is C45H31N7. The predicted octanol–water partition coefficient (Wildman–Crippen LogP) is 10.7. The van der Waals surface area contributed by atoms with Gasteiger partial charge in [0, 0.05) is 56.3 Å².